The molecule has 0 unspecified atom stereocenters. The van der Waals surface area contributed by atoms with E-state index < -0.39 is 5.91 Å². The van der Waals surface area contributed by atoms with E-state index in [4.69, 9.17) is 4.52 Å². The first-order valence-electron chi connectivity index (χ1n) is 11.2. The Morgan fingerprint density at radius 3 is 2.43 bits per heavy atom. The van der Waals surface area contributed by atoms with E-state index in [9.17, 15) is 14.4 Å². The summed E-state index contributed by atoms with van der Waals surface area (Å²) in [5.74, 6) is 0.0755. The fraction of sp³-hybridized carbons (Fsp3) is 0.231. The van der Waals surface area contributed by atoms with Gasteiger partial charge in [-0.15, -0.1) is 0 Å². The van der Waals surface area contributed by atoms with Crippen molar-refractivity contribution in [1.82, 2.24) is 14.5 Å². The highest BCUT2D eigenvalue weighted by Gasteiger charge is 2.19. The average Bonchev–Trinajstić information content (AvgIpc) is 3.28. The lowest BCUT2D eigenvalue weighted by molar-refractivity contribution is -0.116. The van der Waals surface area contributed by atoms with Gasteiger partial charge in [-0.2, -0.15) is 0 Å². The average molecular weight is 474 g/mol. The fourth-order valence-corrected chi connectivity index (χ4v) is 3.96. The molecule has 9 heteroatoms. The molecule has 0 radical (unpaired) electrons. The Kier molecular flexibility index (Phi) is 6.68. The Balaban J connectivity index is 1.47. The summed E-state index contributed by atoms with van der Waals surface area (Å²) in [4.78, 5) is 38.5. The van der Waals surface area contributed by atoms with Crippen LogP contribution in [0.25, 0.3) is 5.69 Å². The van der Waals surface area contributed by atoms with Crippen molar-refractivity contribution in [2.75, 3.05) is 10.6 Å². The minimum atomic E-state index is -0.442. The number of aryl methyl sites for hydroxylation is 2. The Bertz CT molecular complexity index is 1430. The Hall–Kier alpha value is -4.40. The van der Waals surface area contributed by atoms with E-state index in [1.807, 2.05) is 44.2 Å². The molecule has 0 aliphatic carbocycles. The first-order chi connectivity index (χ1) is 16.8. The lowest BCUT2D eigenvalue weighted by Crippen LogP contribution is -2.23. The zero-order chi connectivity index (χ0) is 25.1. The second-order valence-electron chi connectivity index (χ2n) is 8.32. The molecular weight excluding hydrogens is 446 g/mol. The van der Waals surface area contributed by atoms with Crippen LogP contribution in [0, 0.1) is 20.8 Å². The molecule has 0 saturated heterocycles. The standard InChI is InChI=1S/C26H27N5O4/c1-16-22(18(3)35-29-16)13-14-23(32)27-20-10-8-9-19(15-20)25(33)28-24-17(2)30(4)31(26(24)34)21-11-6-5-7-12-21/h5-12,15H,13-14H2,1-4H3,(H,27,32)(H,28,33). The van der Waals surface area contributed by atoms with Gasteiger partial charge in [0.1, 0.15) is 11.4 Å². The van der Waals surface area contributed by atoms with Crippen LogP contribution in [0.15, 0.2) is 63.9 Å². The Morgan fingerprint density at radius 2 is 1.74 bits per heavy atom. The SMILES string of the molecule is Cc1noc(C)c1CCC(=O)Nc1cccc(C(=O)Nc2c(C)n(C)n(-c3ccccc3)c2=O)c1. The summed E-state index contributed by atoms with van der Waals surface area (Å²) in [6.07, 6.45) is 0.760. The number of aromatic nitrogens is 3. The highest BCUT2D eigenvalue weighted by atomic mass is 16.5. The van der Waals surface area contributed by atoms with E-state index in [2.05, 4.69) is 15.8 Å². The maximum Gasteiger partial charge on any atom is 0.295 e. The summed E-state index contributed by atoms with van der Waals surface area (Å²) in [6.45, 7) is 5.43. The quantitative estimate of drug-likeness (QED) is 0.423. The molecule has 2 heterocycles. The molecule has 180 valence electrons. The summed E-state index contributed by atoms with van der Waals surface area (Å²) in [5, 5.41) is 9.46. The minimum absolute atomic E-state index is 0.188. The molecule has 2 aromatic heterocycles. The van der Waals surface area contributed by atoms with Gasteiger partial charge in [0.15, 0.2) is 0 Å². The van der Waals surface area contributed by atoms with Crippen LogP contribution in [0.2, 0.25) is 0 Å². The van der Waals surface area contributed by atoms with Crippen molar-refractivity contribution in [1.29, 1.82) is 0 Å². The van der Waals surface area contributed by atoms with E-state index >= 15 is 0 Å². The molecule has 0 spiro atoms. The normalized spacial score (nSPS) is 10.9. The van der Waals surface area contributed by atoms with Crippen molar-refractivity contribution in [3.63, 3.8) is 0 Å². The summed E-state index contributed by atoms with van der Waals surface area (Å²) in [6, 6.07) is 15.8. The lowest BCUT2D eigenvalue weighted by atomic mass is 10.1. The zero-order valence-corrected chi connectivity index (χ0v) is 20.1. The van der Waals surface area contributed by atoms with Crippen molar-refractivity contribution >= 4 is 23.2 Å². The number of benzene rings is 2. The molecule has 2 amide bonds. The Labute approximate surface area is 202 Å². The van der Waals surface area contributed by atoms with Crippen LogP contribution in [0.1, 0.15) is 39.5 Å². The first-order valence-corrected chi connectivity index (χ1v) is 11.2. The molecule has 0 atom stereocenters. The van der Waals surface area contributed by atoms with Crippen molar-refractivity contribution in [3.8, 4) is 5.69 Å². The Morgan fingerprint density at radius 1 is 1.00 bits per heavy atom. The van der Waals surface area contributed by atoms with Crippen LogP contribution in [0.5, 0.6) is 0 Å². The molecule has 9 nitrogen and oxygen atoms in total. The number of rotatable bonds is 7. The summed E-state index contributed by atoms with van der Waals surface area (Å²) < 4.78 is 8.33. The van der Waals surface area contributed by atoms with Gasteiger partial charge in [-0.05, 0) is 57.5 Å². The van der Waals surface area contributed by atoms with E-state index in [1.54, 1.807) is 42.9 Å². The second-order valence-corrected chi connectivity index (χ2v) is 8.32. The van der Waals surface area contributed by atoms with Crippen LogP contribution < -0.4 is 16.2 Å². The van der Waals surface area contributed by atoms with Crippen molar-refractivity contribution in [3.05, 3.63) is 93.2 Å². The summed E-state index contributed by atoms with van der Waals surface area (Å²) >= 11 is 0. The van der Waals surface area contributed by atoms with E-state index in [0.717, 1.165) is 11.3 Å². The molecule has 0 bridgehead atoms. The van der Waals surface area contributed by atoms with Gasteiger partial charge in [0, 0.05) is 30.3 Å². The predicted octanol–water partition coefficient (Wildman–Crippen LogP) is 3.91. The molecular formula is C26H27N5O4. The first kappa shape index (κ1) is 23.7. The van der Waals surface area contributed by atoms with E-state index in [1.165, 1.54) is 4.68 Å². The zero-order valence-electron chi connectivity index (χ0n) is 20.1. The number of nitrogens with one attached hydrogen (secondary N) is 2. The molecule has 0 aliphatic heterocycles. The van der Waals surface area contributed by atoms with Gasteiger partial charge < -0.3 is 15.2 Å². The lowest BCUT2D eigenvalue weighted by Gasteiger charge is -2.08. The van der Waals surface area contributed by atoms with Crippen molar-refractivity contribution < 1.29 is 14.1 Å². The van der Waals surface area contributed by atoms with Crippen LogP contribution >= 0.6 is 0 Å². The maximum absolute atomic E-state index is 13.1. The smallest absolute Gasteiger partial charge is 0.295 e. The number of hydrogen-bond acceptors (Lipinski definition) is 5. The third kappa shape index (κ3) is 4.93. The van der Waals surface area contributed by atoms with Gasteiger partial charge in [-0.3, -0.25) is 19.1 Å². The van der Waals surface area contributed by atoms with Crippen molar-refractivity contribution in [2.24, 2.45) is 7.05 Å². The second kappa shape index (κ2) is 9.84. The number of nitrogens with zero attached hydrogens (tertiary/aromatic N) is 3. The molecule has 0 saturated carbocycles. The predicted molar refractivity (Wildman–Crippen MR) is 133 cm³/mol. The topological polar surface area (TPSA) is 111 Å². The molecule has 2 N–H and O–H groups in total. The van der Waals surface area contributed by atoms with Crippen molar-refractivity contribution in [2.45, 2.75) is 33.6 Å². The van der Waals surface area contributed by atoms with E-state index in [0.29, 0.717) is 34.8 Å². The van der Waals surface area contributed by atoms with Gasteiger partial charge in [0.25, 0.3) is 11.5 Å². The summed E-state index contributed by atoms with van der Waals surface area (Å²) in [7, 11) is 1.76. The molecule has 4 aromatic rings. The number of hydrogen-bond donors (Lipinski definition) is 2. The van der Waals surface area contributed by atoms with Gasteiger partial charge in [-0.1, -0.05) is 29.4 Å². The number of amides is 2. The maximum atomic E-state index is 13.1. The molecule has 35 heavy (non-hydrogen) atoms. The largest absolute Gasteiger partial charge is 0.361 e. The molecule has 0 fully saturated rings. The number of carbonyl (C=O) groups is 2. The molecule has 2 aromatic carbocycles. The summed E-state index contributed by atoms with van der Waals surface area (Å²) in [5.41, 5.74) is 3.71. The van der Waals surface area contributed by atoms with Gasteiger partial charge in [0.2, 0.25) is 5.91 Å². The van der Waals surface area contributed by atoms with Gasteiger partial charge >= 0.3 is 0 Å². The highest BCUT2D eigenvalue weighted by Crippen LogP contribution is 2.18. The molecule has 4 rings (SSSR count). The highest BCUT2D eigenvalue weighted by molar-refractivity contribution is 6.05. The van der Waals surface area contributed by atoms with Gasteiger partial charge in [-0.25, -0.2) is 4.68 Å². The molecule has 0 aliphatic rings. The van der Waals surface area contributed by atoms with Crippen LogP contribution in [-0.4, -0.2) is 26.3 Å². The number of carbonyl (C=O) groups excluding carboxylic acids is 2. The van der Waals surface area contributed by atoms with Crippen LogP contribution in [0.4, 0.5) is 11.4 Å². The van der Waals surface area contributed by atoms with Crippen LogP contribution in [0.3, 0.4) is 0 Å². The van der Waals surface area contributed by atoms with Crippen LogP contribution in [-0.2, 0) is 18.3 Å². The third-order valence-corrected chi connectivity index (χ3v) is 5.98. The number of para-hydroxylation sites is 1. The minimum Gasteiger partial charge on any atom is -0.361 e. The third-order valence-electron chi connectivity index (χ3n) is 5.98. The monoisotopic (exact) mass is 473 g/mol. The van der Waals surface area contributed by atoms with E-state index in [-0.39, 0.29) is 23.6 Å². The van der Waals surface area contributed by atoms with Gasteiger partial charge in [0.05, 0.1) is 17.1 Å². The fourth-order valence-electron chi connectivity index (χ4n) is 3.96. The number of anilines is 2.